The zero-order chi connectivity index (χ0) is 30.1. The van der Waals surface area contributed by atoms with Crippen molar-refractivity contribution in [3.63, 3.8) is 0 Å². The Kier molecular flexibility index (Phi) is 10.6. The van der Waals surface area contributed by atoms with Gasteiger partial charge in [0.2, 0.25) is 11.8 Å². The average molecular weight is 592 g/mol. The molecule has 0 heterocycles. The molecule has 1 aliphatic rings. The van der Waals surface area contributed by atoms with Gasteiger partial charge < -0.3 is 15.0 Å². The lowest BCUT2D eigenvalue weighted by Crippen LogP contribution is -2.53. The van der Waals surface area contributed by atoms with E-state index in [0.717, 1.165) is 41.1 Å². The maximum absolute atomic E-state index is 14.2. The molecular formula is C33H41N3O5S. The Bertz CT molecular complexity index is 1440. The van der Waals surface area contributed by atoms with Crippen LogP contribution in [0.4, 0.5) is 5.69 Å². The summed E-state index contributed by atoms with van der Waals surface area (Å²) >= 11 is 0. The highest BCUT2D eigenvalue weighted by Crippen LogP contribution is 2.27. The number of aryl methyl sites for hydroxylation is 1. The molecule has 4 rings (SSSR count). The molecule has 1 atom stereocenters. The van der Waals surface area contributed by atoms with Crippen molar-refractivity contribution in [2.45, 2.75) is 76.4 Å². The topological polar surface area (TPSA) is 96.0 Å². The van der Waals surface area contributed by atoms with Crippen LogP contribution in [-0.4, -0.2) is 50.4 Å². The minimum Gasteiger partial charge on any atom is -0.494 e. The largest absolute Gasteiger partial charge is 0.494 e. The van der Waals surface area contributed by atoms with Gasteiger partial charge in [-0.3, -0.25) is 13.9 Å². The summed E-state index contributed by atoms with van der Waals surface area (Å²) in [6.45, 7) is 5.90. The Labute approximate surface area is 249 Å². The van der Waals surface area contributed by atoms with Gasteiger partial charge in [0.05, 0.1) is 17.2 Å². The van der Waals surface area contributed by atoms with E-state index in [1.54, 1.807) is 42.5 Å². The number of carbonyl (C=O) groups excluding carboxylic acids is 2. The second kappa shape index (κ2) is 14.4. The molecule has 1 aliphatic carbocycles. The lowest BCUT2D eigenvalue weighted by atomic mass is 10.1. The maximum atomic E-state index is 14.2. The van der Waals surface area contributed by atoms with Gasteiger partial charge in [0, 0.05) is 12.6 Å². The normalized spacial score (nSPS) is 14.3. The molecule has 0 unspecified atom stereocenters. The van der Waals surface area contributed by atoms with E-state index >= 15 is 0 Å². The Balaban J connectivity index is 1.70. The van der Waals surface area contributed by atoms with Crippen molar-refractivity contribution in [3.05, 3.63) is 90.0 Å². The van der Waals surface area contributed by atoms with Crippen LogP contribution in [0.1, 0.15) is 57.1 Å². The number of anilines is 1. The van der Waals surface area contributed by atoms with E-state index in [4.69, 9.17) is 4.74 Å². The van der Waals surface area contributed by atoms with E-state index in [-0.39, 0.29) is 23.4 Å². The number of ether oxygens (including phenoxy) is 1. The van der Waals surface area contributed by atoms with E-state index in [1.165, 1.54) is 17.0 Å². The molecule has 3 aromatic carbocycles. The maximum Gasteiger partial charge on any atom is 0.264 e. The van der Waals surface area contributed by atoms with Crippen LogP contribution in [0.15, 0.2) is 83.8 Å². The molecule has 1 saturated carbocycles. The van der Waals surface area contributed by atoms with Crippen molar-refractivity contribution >= 4 is 27.5 Å². The van der Waals surface area contributed by atoms with Crippen LogP contribution >= 0.6 is 0 Å². The Morgan fingerprint density at radius 1 is 0.952 bits per heavy atom. The number of sulfonamides is 1. The van der Waals surface area contributed by atoms with Gasteiger partial charge in [-0.25, -0.2) is 8.42 Å². The molecule has 0 radical (unpaired) electrons. The Hall–Kier alpha value is -3.85. The molecule has 8 nitrogen and oxygen atoms in total. The first-order valence-electron chi connectivity index (χ1n) is 14.7. The zero-order valence-electron chi connectivity index (χ0n) is 24.7. The van der Waals surface area contributed by atoms with E-state index in [2.05, 4.69) is 5.32 Å². The fourth-order valence-electron chi connectivity index (χ4n) is 5.42. The number of amides is 2. The highest BCUT2D eigenvalue weighted by molar-refractivity contribution is 7.92. The second-order valence-electron chi connectivity index (χ2n) is 10.7. The minimum absolute atomic E-state index is 0.0722. The van der Waals surface area contributed by atoms with Gasteiger partial charge in [-0.15, -0.1) is 0 Å². The third kappa shape index (κ3) is 7.70. The lowest BCUT2D eigenvalue weighted by molar-refractivity contribution is -0.140. The van der Waals surface area contributed by atoms with Crippen LogP contribution in [0.25, 0.3) is 0 Å². The highest BCUT2D eigenvalue weighted by Gasteiger charge is 2.34. The molecular weight excluding hydrogens is 550 g/mol. The summed E-state index contributed by atoms with van der Waals surface area (Å²) in [7, 11) is -4.11. The Morgan fingerprint density at radius 2 is 1.64 bits per heavy atom. The van der Waals surface area contributed by atoms with Crippen LogP contribution < -0.4 is 14.4 Å². The summed E-state index contributed by atoms with van der Waals surface area (Å²) in [4.78, 5) is 29.4. The monoisotopic (exact) mass is 591 g/mol. The van der Waals surface area contributed by atoms with E-state index in [0.29, 0.717) is 24.5 Å². The van der Waals surface area contributed by atoms with Crippen LogP contribution in [0.3, 0.4) is 0 Å². The van der Waals surface area contributed by atoms with Crippen molar-refractivity contribution in [2.75, 3.05) is 17.5 Å². The predicted octanol–water partition coefficient (Wildman–Crippen LogP) is 5.46. The number of hydrogen-bond donors (Lipinski definition) is 1. The molecule has 0 aromatic heterocycles. The second-order valence-corrected chi connectivity index (χ2v) is 12.5. The van der Waals surface area contributed by atoms with Crippen LogP contribution in [0, 0.1) is 6.92 Å². The fraction of sp³-hybridized carbons (Fsp3) is 0.394. The molecule has 0 saturated heterocycles. The van der Waals surface area contributed by atoms with Crippen LogP contribution in [0.5, 0.6) is 5.75 Å². The van der Waals surface area contributed by atoms with Crippen LogP contribution in [0.2, 0.25) is 0 Å². The van der Waals surface area contributed by atoms with Crippen molar-refractivity contribution in [3.8, 4) is 5.75 Å². The molecule has 0 spiro atoms. The quantitative estimate of drug-likeness (QED) is 0.285. The number of nitrogens with one attached hydrogen (secondary N) is 1. The minimum atomic E-state index is -4.11. The van der Waals surface area contributed by atoms with E-state index in [9.17, 15) is 18.0 Å². The SMILES string of the molecule is CCOc1ccc(N(CC(=O)N(Cc2cccc(C)c2)[C@H](CC)C(=O)NC2CCCC2)S(=O)(=O)c2ccccc2)cc1. The number of nitrogens with zero attached hydrogens (tertiary/aromatic N) is 2. The third-order valence-corrected chi connectivity index (χ3v) is 9.36. The van der Waals surface area contributed by atoms with Crippen molar-refractivity contribution < 1.29 is 22.7 Å². The van der Waals surface area contributed by atoms with Gasteiger partial charge in [0.1, 0.15) is 18.3 Å². The summed E-state index contributed by atoms with van der Waals surface area (Å²) in [6.07, 6.45) is 4.39. The fourth-order valence-corrected chi connectivity index (χ4v) is 6.85. The van der Waals surface area contributed by atoms with Gasteiger partial charge in [-0.05, 0) is 75.1 Å². The van der Waals surface area contributed by atoms with E-state index < -0.39 is 28.5 Å². The van der Waals surface area contributed by atoms with Crippen molar-refractivity contribution in [2.24, 2.45) is 0 Å². The van der Waals surface area contributed by atoms with Crippen molar-refractivity contribution in [1.82, 2.24) is 10.2 Å². The number of rotatable bonds is 13. The molecule has 1 fully saturated rings. The summed E-state index contributed by atoms with van der Waals surface area (Å²) in [5.74, 6) is -0.0670. The molecule has 42 heavy (non-hydrogen) atoms. The molecule has 2 amide bonds. The van der Waals surface area contributed by atoms with Gasteiger partial charge in [0.15, 0.2) is 0 Å². The summed E-state index contributed by atoms with van der Waals surface area (Å²) < 4.78 is 34.6. The number of carbonyl (C=O) groups is 2. The summed E-state index contributed by atoms with van der Waals surface area (Å²) in [6, 6.07) is 21.8. The van der Waals surface area contributed by atoms with E-state index in [1.807, 2.05) is 45.0 Å². The first kappa shape index (κ1) is 31.1. The molecule has 224 valence electrons. The molecule has 3 aromatic rings. The summed E-state index contributed by atoms with van der Waals surface area (Å²) in [5.41, 5.74) is 2.23. The first-order valence-corrected chi connectivity index (χ1v) is 16.1. The van der Waals surface area contributed by atoms with Gasteiger partial charge in [0.25, 0.3) is 10.0 Å². The molecule has 9 heteroatoms. The lowest BCUT2D eigenvalue weighted by Gasteiger charge is -2.34. The van der Waals surface area contributed by atoms with Crippen LogP contribution in [-0.2, 0) is 26.2 Å². The Morgan fingerprint density at radius 3 is 2.26 bits per heavy atom. The number of benzene rings is 3. The molecule has 1 N–H and O–H groups in total. The zero-order valence-corrected chi connectivity index (χ0v) is 25.5. The third-order valence-electron chi connectivity index (χ3n) is 7.57. The molecule has 0 aliphatic heterocycles. The van der Waals surface area contributed by atoms with Crippen molar-refractivity contribution in [1.29, 1.82) is 0 Å². The van der Waals surface area contributed by atoms with Gasteiger partial charge >= 0.3 is 0 Å². The average Bonchev–Trinajstić information content (AvgIpc) is 3.50. The standard InChI is InChI=1S/C33H41N3O5S/c1-4-31(33(38)34-27-14-9-10-15-27)35(23-26-13-11-12-25(3)22-26)32(37)24-36(28-18-20-29(21-19-28)41-5-2)42(39,40)30-16-7-6-8-17-30/h6-8,11-13,16-22,27,31H,4-5,9-10,14-15,23-24H2,1-3H3,(H,34,38)/t31-/m1/s1. The first-order chi connectivity index (χ1) is 20.2. The van der Waals surface area contributed by atoms with Gasteiger partial charge in [-0.2, -0.15) is 0 Å². The highest BCUT2D eigenvalue weighted by atomic mass is 32.2. The van der Waals surface area contributed by atoms with Gasteiger partial charge in [-0.1, -0.05) is 67.8 Å². The summed E-state index contributed by atoms with van der Waals surface area (Å²) in [5, 5.41) is 3.14. The smallest absolute Gasteiger partial charge is 0.264 e. The number of hydrogen-bond acceptors (Lipinski definition) is 5. The molecule has 0 bridgehead atoms. The predicted molar refractivity (Wildman–Crippen MR) is 165 cm³/mol.